The lowest BCUT2D eigenvalue weighted by atomic mass is 10.1. The second-order valence-corrected chi connectivity index (χ2v) is 5.16. The Morgan fingerprint density at radius 3 is 3.17 bits per heavy atom. The second-order valence-electron chi connectivity index (χ2n) is 5.16. The Kier molecular flexibility index (Phi) is 4.36. The molecule has 18 heavy (non-hydrogen) atoms. The maximum Gasteiger partial charge on any atom is 0.273 e. The van der Waals surface area contributed by atoms with Crippen molar-refractivity contribution in [3.05, 3.63) is 17.8 Å². The molecule has 2 N–H and O–H groups in total. The van der Waals surface area contributed by atoms with E-state index in [1.807, 2.05) is 0 Å². The van der Waals surface area contributed by atoms with Gasteiger partial charge >= 0.3 is 0 Å². The zero-order valence-electron chi connectivity index (χ0n) is 11.0. The summed E-state index contributed by atoms with van der Waals surface area (Å²) in [4.78, 5) is 16.0. The van der Waals surface area contributed by atoms with Crippen molar-refractivity contribution >= 4 is 5.91 Å². The fraction of sp³-hybridized carbons (Fsp3) is 0.692. The Morgan fingerprint density at radius 2 is 2.50 bits per heavy atom. The van der Waals surface area contributed by atoms with E-state index < -0.39 is 0 Å². The molecule has 1 atom stereocenters. The molecule has 0 aromatic carbocycles. The van der Waals surface area contributed by atoms with Crippen molar-refractivity contribution in [2.45, 2.75) is 39.2 Å². The smallest absolute Gasteiger partial charge is 0.273 e. The molecule has 100 valence electrons. The van der Waals surface area contributed by atoms with Crippen LogP contribution >= 0.6 is 0 Å². The van der Waals surface area contributed by atoms with Crippen molar-refractivity contribution in [3.63, 3.8) is 0 Å². The molecule has 1 amide bonds. The lowest BCUT2D eigenvalue weighted by molar-refractivity contribution is 0.0947. The van der Waals surface area contributed by atoms with Crippen molar-refractivity contribution in [2.24, 2.45) is 5.92 Å². The number of nitrogens with zero attached hydrogens (tertiary/aromatic N) is 1. The van der Waals surface area contributed by atoms with Crippen LogP contribution in [0.4, 0.5) is 0 Å². The predicted molar refractivity (Wildman–Crippen MR) is 68.3 cm³/mol. The first kappa shape index (κ1) is 13.1. The van der Waals surface area contributed by atoms with E-state index in [9.17, 15) is 4.79 Å². The fourth-order valence-corrected chi connectivity index (χ4v) is 2.01. The first-order valence-corrected chi connectivity index (χ1v) is 6.64. The van der Waals surface area contributed by atoms with E-state index in [1.165, 1.54) is 6.26 Å². The number of carbonyl (C=O) groups excluding carboxylic acids is 1. The quantitative estimate of drug-likeness (QED) is 0.838. The van der Waals surface area contributed by atoms with E-state index in [1.54, 1.807) is 0 Å². The molecule has 0 bridgehead atoms. The van der Waals surface area contributed by atoms with Crippen LogP contribution in [0.15, 0.2) is 10.7 Å². The van der Waals surface area contributed by atoms with Crippen LogP contribution in [0, 0.1) is 5.92 Å². The molecule has 0 aliphatic carbocycles. The summed E-state index contributed by atoms with van der Waals surface area (Å²) in [6, 6.07) is 0.169. The van der Waals surface area contributed by atoms with Crippen LogP contribution in [-0.2, 0) is 0 Å². The van der Waals surface area contributed by atoms with Gasteiger partial charge in [0.2, 0.25) is 5.89 Å². The number of hydrogen-bond donors (Lipinski definition) is 2. The van der Waals surface area contributed by atoms with Crippen LogP contribution in [0.3, 0.4) is 0 Å². The molecule has 0 spiro atoms. The van der Waals surface area contributed by atoms with E-state index in [0.29, 0.717) is 24.0 Å². The molecule has 1 aromatic heterocycles. The summed E-state index contributed by atoms with van der Waals surface area (Å²) in [7, 11) is 0. The normalized spacial score (nSPS) is 19.4. The van der Waals surface area contributed by atoms with Gasteiger partial charge in [-0.2, -0.15) is 0 Å². The summed E-state index contributed by atoms with van der Waals surface area (Å²) in [5.74, 6) is 1.06. The third-order valence-corrected chi connectivity index (χ3v) is 3.12. The van der Waals surface area contributed by atoms with Crippen LogP contribution in [-0.4, -0.2) is 24.0 Å². The van der Waals surface area contributed by atoms with Gasteiger partial charge in [-0.05, 0) is 31.7 Å². The Bertz CT molecular complexity index is 395. The highest BCUT2D eigenvalue weighted by Gasteiger charge is 2.22. The minimum absolute atomic E-state index is 0.149. The first-order valence-electron chi connectivity index (χ1n) is 6.64. The first-order chi connectivity index (χ1) is 8.66. The van der Waals surface area contributed by atoms with Gasteiger partial charge in [0.15, 0.2) is 5.69 Å². The summed E-state index contributed by atoms with van der Waals surface area (Å²) >= 11 is 0. The molecule has 0 radical (unpaired) electrons. The maximum absolute atomic E-state index is 11.8. The van der Waals surface area contributed by atoms with Gasteiger partial charge in [-0.1, -0.05) is 13.8 Å². The molecule has 2 heterocycles. The van der Waals surface area contributed by atoms with Gasteiger partial charge in [0.25, 0.3) is 5.91 Å². The van der Waals surface area contributed by atoms with Gasteiger partial charge in [0.1, 0.15) is 6.26 Å². The van der Waals surface area contributed by atoms with Crippen LogP contribution in [0.5, 0.6) is 0 Å². The third kappa shape index (κ3) is 3.32. The van der Waals surface area contributed by atoms with Crippen LogP contribution < -0.4 is 10.6 Å². The van der Waals surface area contributed by atoms with Crippen LogP contribution in [0.1, 0.15) is 55.5 Å². The molecular weight excluding hydrogens is 230 g/mol. The SMILES string of the molecule is CC(C)CCNC(=O)c1coc(C2CCCN2)n1. The summed E-state index contributed by atoms with van der Waals surface area (Å²) in [5, 5.41) is 6.15. The molecule has 5 heteroatoms. The molecule has 1 saturated heterocycles. The van der Waals surface area contributed by atoms with E-state index in [-0.39, 0.29) is 11.9 Å². The van der Waals surface area contributed by atoms with Crippen LogP contribution in [0.2, 0.25) is 0 Å². The number of hydrogen-bond acceptors (Lipinski definition) is 4. The van der Waals surface area contributed by atoms with Crippen molar-refractivity contribution < 1.29 is 9.21 Å². The number of nitrogens with one attached hydrogen (secondary N) is 2. The van der Waals surface area contributed by atoms with E-state index in [0.717, 1.165) is 25.8 Å². The van der Waals surface area contributed by atoms with E-state index >= 15 is 0 Å². The lowest BCUT2D eigenvalue weighted by Gasteiger charge is -2.05. The highest BCUT2D eigenvalue weighted by Crippen LogP contribution is 2.22. The molecule has 1 unspecified atom stereocenters. The Hall–Kier alpha value is -1.36. The molecule has 2 rings (SSSR count). The monoisotopic (exact) mass is 251 g/mol. The minimum atomic E-state index is -0.149. The summed E-state index contributed by atoms with van der Waals surface area (Å²) in [6.07, 6.45) is 4.57. The highest BCUT2D eigenvalue weighted by molar-refractivity contribution is 5.91. The van der Waals surface area contributed by atoms with Crippen molar-refractivity contribution in [3.8, 4) is 0 Å². The largest absolute Gasteiger partial charge is 0.446 e. The summed E-state index contributed by atoms with van der Waals surface area (Å²) < 4.78 is 5.36. The number of rotatable bonds is 5. The second kappa shape index (κ2) is 6.00. The van der Waals surface area contributed by atoms with Gasteiger partial charge < -0.3 is 15.1 Å². The standard InChI is InChI=1S/C13H21N3O2/c1-9(2)5-7-15-12(17)11-8-18-13(16-11)10-4-3-6-14-10/h8-10,14H,3-7H2,1-2H3,(H,15,17). The average Bonchev–Trinajstić information content (AvgIpc) is 2.99. The molecule has 5 nitrogen and oxygen atoms in total. The van der Waals surface area contributed by atoms with E-state index in [4.69, 9.17) is 4.42 Å². The molecule has 1 aliphatic rings. The van der Waals surface area contributed by atoms with Gasteiger partial charge in [-0.15, -0.1) is 0 Å². The topological polar surface area (TPSA) is 67.2 Å². The number of aromatic nitrogens is 1. The Morgan fingerprint density at radius 1 is 1.67 bits per heavy atom. The molecule has 1 fully saturated rings. The molecular formula is C13H21N3O2. The Balaban J connectivity index is 1.86. The van der Waals surface area contributed by atoms with Gasteiger partial charge in [0, 0.05) is 6.54 Å². The minimum Gasteiger partial charge on any atom is -0.446 e. The molecule has 1 aromatic rings. The fourth-order valence-electron chi connectivity index (χ4n) is 2.01. The van der Waals surface area contributed by atoms with Gasteiger partial charge in [-0.3, -0.25) is 4.79 Å². The number of amides is 1. The highest BCUT2D eigenvalue weighted by atomic mass is 16.3. The van der Waals surface area contributed by atoms with Crippen molar-refractivity contribution in [1.29, 1.82) is 0 Å². The Labute approximate surface area is 107 Å². The zero-order valence-corrected chi connectivity index (χ0v) is 11.0. The molecule has 1 aliphatic heterocycles. The summed E-state index contributed by atoms with van der Waals surface area (Å²) in [6.45, 7) is 5.93. The number of oxazole rings is 1. The summed E-state index contributed by atoms with van der Waals surface area (Å²) in [5.41, 5.74) is 0.377. The van der Waals surface area contributed by atoms with Crippen LogP contribution in [0.25, 0.3) is 0 Å². The third-order valence-electron chi connectivity index (χ3n) is 3.12. The predicted octanol–water partition coefficient (Wildman–Crippen LogP) is 1.88. The van der Waals surface area contributed by atoms with E-state index in [2.05, 4.69) is 29.5 Å². The lowest BCUT2D eigenvalue weighted by Crippen LogP contribution is -2.25. The van der Waals surface area contributed by atoms with Gasteiger partial charge in [-0.25, -0.2) is 4.98 Å². The van der Waals surface area contributed by atoms with Crippen molar-refractivity contribution in [1.82, 2.24) is 15.6 Å². The number of carbonyl (C=O) groups is 1. The van der Waals surface area contributed by atoms with Gasteiger partial charge in [0.05, 0.1) is 6.04 Å². The average molecular weight is 251 g/mol. The zero-order chi connectivity index (χ0) is 13.0. The maximum atomic E-state index is 11.8. The molecule has 0 saturated carbocycles. The van der Waals surface area contributed by atoms with Crippen molar-refractivity contribution in [2.75, 3.05) is 13.1 Å².